The van der Waals surface area contributed by atoms with Crippen molar-refractivity contribution in [1.82, 2.24) is 5.32 Å². The van der Waals surface area contributed by atoms with Crippen LogP contribution in [0.25, 0.3) is 0 Å². The van der Waals surface area contributed by atoms with Crippen LogP contribution in [-0.2, 0) is 0 Å². The second-order valence-electron chi connectivity index (χ2n) is 4.13. The maximum Gasteiger partial charge on any atom is 0.0146 e. The quantitative estimate of drug-likeness (QED) is 0.650. The van der Waals surface area contributed by atoms with E-state index in [1.54, 1.807) is 5.54 Å². The molecule has 12 heavy (non-hydrogen) atoms. The molecule has 0 aromatic carbocycles. The predicted molar refractivity (Wildman–Crippen MR) is 52.3 cm³/mol. The first-order valence-electron chi connectivity index (χ1n) is 4.83. The van der Waals surface area contributed by atoms with E-state index in [9.17, 15) is 0 Å². The Morgan fingerprint density at radius 2 is 2.17 bits per heavy atom. The van der Waals surface area contributed by atoms with E-state index in [2.05, 4.69) is 5.32 Å². The number of nitrogens with one attached hydrogen (secondary N) is 1. The molecule has 0 saturated heterocycles. The summed E-state index contributed by atoms with van der Waals surface area (Å²) in [7, 11) is 0. The van der Waals surface area contributed by atoms with E-state index in [4.69, 9.17) is 11.6 Å². The molecule has 2 rings (SSSR count). The average Bonchev–Trinajstić information content (AvgIpc) is 2.86. The molecule has 0 unspecified atom stereocenters. The van der Waals surface area contributed by atoms with E-state index in [1.165, 1.54) is 32.2 Å². The van der Waals surface area contributed by atoms with E-state index in [0.29, 0.717) is 0 Å². The molecule has 0 aromatic heterocycles. The standard InChI is InChI=1S/C10H16ClN/c11-6-1-7-12-8-10(4-5-10)9-2-3-9/h1,6,9,12H,2-5,7-8H2/b6-1+. The van der Waals surface area contributed by atoms with E-state index in [1.807, 2.05) is 6.08 Å². The Hall–Kier alpha value is -0.0100. The Morgan fingerprint density at radius 1 is 1.42 bits per heavy atom. The molecule has 0 radical (unpaired) electrons. The van der Waals surface area contributed by atoms with Crippen molar-refractivity contribution in [2.45, 2.75) is 25.7 Å². The highest BCUT2D eigenvalue weighted by Gasteiger charge is 2.52. The molecule has 0 heterocycles. The third kappa shape index (κ3) is 1.83. The van der Waals surface area contributed by atoms with Crippen LogP contribution in [0.1, 0.15) is 25.7 Å². The van der Waals surface area contributed by atoms with Crippen molar-refractivity contribution in [3.63, 3.8) is 0 Å². The van der Waals surface area contributed by atoms with Gasteiger partial charge in [-0.15, -0.1) is 0 Å². The minimum atomic E-state index is 0.722. The van der Waals surface area contributed by atoms with Crippen molar-refractivity contribution in [2.75, 3.05) is 13.1 Å². The van der Waals surface area contributed by atoms with Crippen molar-refractivity contribution in [3.05, 3.63) is 11.6 Å². The number of hydrogen-bond acceptors (Lipinski definition) is 1. The second-order valence-corrected chi connectivity index (χ2v) is 4.38. The summed E-state index contributed by atoms with van der Waals surface area (Å²) in [6, 6.07) is 0. The van der Waals surface area contributed by atoms with E-state index >= 15 is 0 Å². The van der Waals surface area contributed by atoms with Gasteiger partial charge in [0.25, 0.3) is 0 Å². The van der Waals surface area contributed by atoms with E-state index in [0.717, 1.165) is 17.9 Å². The van der Waals surface area contributed by atoms with Crippen LogP contribution in [0.4, 0.5) is 0 Å². The highest BCUT2D eigenvalue weighted by atomic mass is 35.5. The normalized spacial score (nSPS) is 26.4. The van der Waals surface area contributed by atoms with Gasteiger partial charge in [-0.05, 0) is 37.0 Å². The fourth-order valence-corrected chi connectivity index (χ4v) is 2.12. The summed E-state index contributed by atoms with van der Waals surface area (Å²) >= 11 is 5.42. The molecule has 2 fully saturated rings. The minimum absolute atomic E-state index is 0.722. The van der Waals surface area contributed by atoms with Gasteiger partial charge in [0.1, 0.15) is 0 Å². The van der Waals surface area contributed by atoms with Gasteiger partial charge in [-0.25, -0.2) is 0 Å². The Kier molecular flexibility index (Phi) is 2.42. The van der Waals surface area contributed by atoms with Gasteiger partial charge < -0.3 is 5.32 Å². The number of halogens is 1. The van der Waals surface area contributed by atoms with Gasteiger partial charge in [0.15, 0.2) is 0 Å². The third-order valence-corrected chi connectivity index (χ3v) is 3.34. The summed E-state index contributed by atoms with van der Waals surface area (Å²) in [6.45, 7) is 2.14. The van der Waals surface area contributed by atoms with E-state index < -0.39 is 0 Å². The fourth-order valence-electron chi connectivity index (χ4n) is 2.03. The summed E-state index contributed by atoms with van der Waals surface area (Å²) in [6.07, 6.45) is 7.83. The van der Waals surface area contributed by atoms with Crippen LogP contribution in [0, 0.1) is 11.3 Å². The number of rotatable bonds is 5. The van der Waals surface area contributed by atoms with Crippen molar-refractivity contribution in [3.8, 4) is 0 Å². The highest BCUT2D eigenvalue weighted by molar-refractivity contribution is 6.25. The molecule has 0 aliphatic heterocycles. The van der Waals surface area contributed by atoms with Crippen molar-refractivity contribution in [2.24, 2.45) is 11.3 Å². The topological polar surface area (TPSA) is 12.0 Å². The van der Waals surface area contributed by atoms with Crippen LogP contribution in [0.3, 0.4) is 0 Å². The summed E-state index contributed by atoms with van der Waals surface area (Å²) in [5.41, 5.74) is 2.31. The molecular weight excluding hydrogens is 170 g/mol. The molecule has 0 aromatic rings. The summed E-state index contributed by atoms with van der Waals surface area (Å²) < 4.78 is 0. The lowest BCUT2D eigenvalue weighted by molar-refractivity contribution is 0.413. The second kappa shape index (κ2) is 3.39. The third-order valence-electron chi connectivity index (χ3n) is 3.16. The van der Waals surface area contributed by atoms with Crippen LogP contribution in [-0.4, -0.2) is 13.1 Å². The zero-order valence-electron chi connectivity index (χ0n) is 7.35. The smallest absolute Gasteiger partial charge is 0.0146 e. The fraction of sp³-hybridized carbons (Fsp3) is 0.800. The van der Waals surface area contributed by atoms with Crippen molar-refractivity contribution < 1.29 is 0 Å². The van der Waals surface area contributed by atoms with Gasteiger partial charge in [-0.3, -0.25) is 0 Å². The minimum Gasteiger partial charge on any atom is -0.313 e. The maximum atomic E-state index is 5.42. The average molecular weight is 186 g/mol. The molecular formula is C10H16ClN. The van der Waals surface area contributed by atoms with E-state index in [-0.39, 0.29) is 0 Å². The Balaban J connectivity index is 1.65. The van der Waals surface area contributed by atoms with Gasteiger partial charge in [0.2, 0.25) is 0 Å². The van der Waals surface area contributed by atoms with Gasteiger partial charge in [-0.1, -0.05) is 17.7 Å². The Bertz CT molecular complexity index is 180. The first-order chi connectivity index (χ1) is 5.87. The summed E-state index contributed by atoms with van der Waals surface area (Å²) in [5, 5.41) is 3.44. The molecule has 2 saturated carbocycles. The molecule has 0 amide bonds. The summed E-state index contributed by atoms with van der Waals surface area (Å²) in [4.78, 5) is 0. The van der Waals surface area contributed by atoms with Gasteiger partial charge in [0, 0.05) is 18.6 Å². The lowest BCUT2D eigenvalue weighted by Crippen LogP contribution is -2.25. The predicted octanol–water partition coefficient (Wildman–Crippen LogP) is 2.52. The first kappa shape index (κ1) is 8.58. The molecule has 2 heteroatoms. The largest absolute Gasteiger partial charge is 0.313 e. The molecule has 0 bridgehead atoms. The van der Waals surface area contributed by atoms with Crippen LogP contribution in [0.2, 0.25) is 0 Å². The zero-order chi connectivity index (χ0) is 8.44. The lowest BCUT2D eigenvalue weighted by Gasteiger charge is -2.13. The lowest BCUT2D eigenvalue weighted by atomic mass is 10.0. The van der Waals surface area contributed by atoms with Crippen molar-refractivity contribution in [1.29, 1.82) is 0 Å². The van der Waals surface area contributed by atoms with Crippen LogP contribution in [0.15, 0.2) is 11.6 Å². The zero-order valence-corrected chi connectivity index (χ0v) is 8.11. The molecule has 68 valence electrons. The maximum absolute atomic E-state index is 5.42. The van der Waals surface area contributed by atoms with Crippen LogP contribution in [0.5, 0.6) is 0 Å². The molecule has 2 aliphatic carbocycles. The van der Waals surface area contributed by atoms with Gasteiger partial charge in [-0.2, -0.15) is 0 Å². The molecule has 0 atom stereocenters. The molecule has 0 spiro atoms. The Labute approximate surface area is 79.2 Å². The SMILES string of the molecule is Cl/C=C/CNCC1(C2CC2)CC1. The summed E-state index contributed by atoms with van der Waals surface area (Å²) in [5.74, 6) is 1.06. The van der Waals surface area contributed by atoms with Gasteiger partial charge in [0.05, 0.1) is 0 Å². The van der Waals surface area contributed by atoms with Crippen LogP contribution >= 0.6 is 11.6 Å². The monoisotopic (exact) mass is 185 g/mol. The number of hydrogen-bond donors (Lipinski definition) is 1. The van der Waals surface area contributed by atoms with Crippen molar-refractivity contribution >= 4 is 11.6 Å². The van der Waals surface area contributed by atoms with Crippen LogP contribution < -0.4 is 5.32 Å². The molecule has 1 nitrogen and oxygen atoms in total. The Morgan fingerprint density at radius 3 is 2.67 bits per heavy atom. The highest BCUT2D eigenvalue weighted by Crippen LogP contribution is 2.60. The van der Waals surface area contributed by atoms with Gasteiger partial charge >= 0.3 is 0 Å². The molecule has 1 N–H and O–H groups in total. The molecule has 2 aliphatic rings. The first-order valence-corrected chi connectivity index (χ1v) is 5.27.